The van der Waals surface area contributed by atoms with Crippen molar-refractivity contribution in [2.45, 2.75) is 52.0 Å². The lowest BCUT2D eigenvalue weighted by atomic mass is 9.76. The molecular weight excluding hydrogens is 270 g/mol. The average molecular weight is 295 g/mol. The molecule has 1 rings (SSSR count). The van der Waals surface area contributed by atoms with E-state index in [1.54, 1.807) is 11.9 Å². The molecule has 1 heterocycles. The summed E-state index contributed by atoms with van der Waals surface area (Å²) in [7, 11) is 1.67. The fourth-order valence-electron chi connectivity index (χ4n) is 2.94. The van der Waals surface area contributed by atoms with Gasteiger partial charge in [0.2, 0.25) is 0 Å². The lowest BCUT2D eigenvalue weighted by molar-refractivity contribution is -0.152. The summed E-state index contributed by atoms with van der Waals surface area (Å²) in [4.78, 5) is 27.3. The van der Waals surface area contributed by atoms with Crippen molar-refractivity contribution in [3.8, 4) is 6.07 Å². The summed E-state index contributed by atoms with van der Waals surface area (Å²) in [6.45, 7) is 4.63. The van der Waals surface area contributed by atoms with Gasteiger partial charge in [0.15, 0.2) is 0 Å². The zero-order valence-electron chi connectivity index (χ0n) is 13.1. The number of urea groups is 1. The van der Waals surface area contributed by atoms with Gasteiger partial charge in [-0.15, -0.1) is 0 Å². The Kier molecular flexibility index (Phi) is 6.01. The minimum absolute atomic E-state index is 0.171. The van der Waals surface area contributed by atoms with Crippen LogP contribution in [0, 0.1) is 16.7 Å². The van der Waals surface area contributed by atoms with Crippen LogP contribution in [0.4, 0.5) is 4.79 Å². The number of rotatable bonds is 5. The molecule has 0 saturated carbocycles. The van der Waals surface area contributed by atoms with Crippen LogP contribution in [-0.4, -0.2) is 53.1 Å². The van der Waals surface area contributed by atoms with Gasteiger partial charge in [-0.3, -0.25) is 4.79 Å². The first-order valence-corrected chi connectivity index (χ1v) is 7.50. The minimum Gasteiger partial charge on any atom is -0.481 e. The highest BCUT2D eigenvalue weighted by Crippen LogP contribution is 2.35. The van der Waals surface area contributed by atoms with E-state index in [-0.39, 0.29) is 25.0 Å². The van der Waals surface area contributed by atoms with Gasteiger partial charge in [0.1, 0.15) is 0 Å². The van der Waals surface area contributed by atoms with E-state index in [2.05, 4.69) is 6.07 Å². The molecule has 0 aromatic heterocycles. The van der Waals surface area contributed by atoms with E-state index in [0.29, 0.717) is 25.8 Å². The third-order valence-electron chi connectivity index (χ3n) is 4.38. The van der Waals surface area contributed by atoms with Crippen molar-refractivity contribution in [2.24, 2.45) is 5.41 Å². The molecule has 6 nitrogen and oxygen atoms in total. The van der Waals surface area contributed by atoms with Crippen LogP contribution in [0.3, 0.4) is 0 Å². The third kappa shape index (κ3) is 3.87. The Bertz CT molecular complexity index is 428. The highest BCUT2D eigenvalue weighted by atomic mass is 16.4. The van der Waals surface area contributed by atoms with E-state index in [0.717, 1.165) is 6.42 Å². The van der Waals surface area contributed by atoms with E-state index < -0.39 is 11.4 Å². The van der Waals surface area contributed by atoms with Crippen LogP contribution in [0.25, 0.3) is 0 Å². The predicted octanol–water partition coefficient (Wildman–Crippen LogP) is 2.31. The number of nitriles is 1. The summed E-state index contributed by atoms with van der Waals surface area (Å²) in [6, 6.07) is 1.70. The van der Waals surface area contributed by atoms with Crippen LogP contribution < -0.4 is 0 Å². The molecule has 0 aliphatic carbocycles. The van der Waals surface area contributed by atoms with Gasteiger partial charge in [0, 0.05) is 26.2 Å². The molecular formula is C15H25N3O3. The number of amides is 2. The molecule has 1 aliphatic rings. The fourth-order valence-corrected chi connectivity index (χ4v) is 2.94. The van der Waals surface area contributed by atoms with E-state index in [1.807, 2.05) is 13.8 Å². The Morgan fingerprint density at radius 1 is 1.52 bits per heavy atom. The highest BCUT2D eigenvalue weighted by Gasteiger charge is 2.43. The Labute approximate surface area is 126 Å². The molecule has 1 N–H and O–H groups in total. The van der Waals surface area contributed by atoms with Crippen LogP contribution in [0.2, 0.25) is 0 Å². The van der Waals surface area contributed by atoms with Gasteiger partial charge >= 0.3 is 12.0 Å². The summed E-state index contributed by atoms with van der Waals surface area (Å²) < 4.78 is 0. The molecule has 21 heavy (non-hydrogen) atoms. The van der Waals surface area contributed by atoms with E-state index in [1.165, 1.54) is 4.90 Å². The molecule has 2 unspecified atom stereocenters. The first-order chi connectivity index (χ1) is 9.88. The van der Waals surface area contributed by atoms with Crippen LogP contribution in [0.1, 0.15) is 46.0 Å². The Hall–Kier alpha value is -1.77. The van der Waals surface area contributed by atoms with Gasteiger partial charge in [-0.2, -0.15) is 5.26 Å². The van der Waals surface area contributed by atoms with Crippen molar-refractivity contribution in [3.63, 3.8) is 0 Å². The summed E-state index contributed by atoms with van der Waals surface area (Å²) in [6.07, 6.45) is 2.98. The monoisotopic (exact) mass is 295 g/mol. The summed E-state index contributed by atoms with van der Waals surface area (Å²) in [5.74, 6) is -0.811. The van der Waals surface area contributed by atoms with Crippen LogP contribution in [-0.2, 0) is 4.79 Å². The van der Waals surface area contributed by atoms with Crippen molar-refractivity contribution in [3.05, 3.63) is 0 Å². The number of hydrogen-bond acceptors (Lipinski definition) is 3. The predicted molar refractivity (Wildman–Crippen MR) is 78.6 cm³/mol. The maximum absolute atomic E-state index is 12.5. The van der Waals surface area contributed by atoms with Gasteiger partial charge in [-0.05, 0) is 26.2 Å². The van der Waals surface area contributed by atoms with Crippen LogP contribution in [0.15, 0.2) is 0 Å². The van der Waals surface area contributed by atoms with E-state index in [4.69, 9.17) is 5.26 Å². The van der Waals surface area contributed by atoms with Gasteiger partial charge in [0.25, 0.3) is 0 Å². The number of carbonyl (C=O) groups is 2. The Morgan fingerprint density at radius 3 is 2.71 bits per heavy atom. The lowest BCUT2D eigenvalue weighted by Crippen LogP contribution is -2.54. The third-order valence-corrected chi connectivity index (χ3v) is 4.38. The van der Waals surface area contributed by atoms with Gasteiger partial charge in [-0.1, -0.05) is 13.3 Å². The summed E-state index contributed by atoms with van der Waals surface area (Å²) in [5, 5.41) is 18.3. The second kappa shape index (κ2) is 7.30. The normalized spacial score (nSPS) is 23.2. The number of hydrogen-bond donors (Lipinski definition) is 1. The molecule has 1 aliphatic heterocycles. The summed E-state index contributed by atoms with van der Waals surface area (Å²) in [5.41, 5.74) is -0.817. The standard InChI is InChI=1S/C15H25N3O3/c1-4-7-15(13(19)20)8-5-10-18(11-15)14(21)17(3)12(2)6-9-16/h12H,4-8,10-11H2,1-3H3,(H,19,20). The van der Waals surface area contributed by atoms with Crippen molar-refractivity contribution < 1.29 is 14.7 Å². The highest BCUT2D eigenvalue weighted by molar-refractivity contribution is 5.79. The molecule has 0 bridgehead atoms. The van der Waals surface area contributed by atoms with Crippen molar-refractivity contribution >= 4 is 12.0 Å². The molecule has 1 fully saturated rings. The molecule has 0 spiro atoms. The number of carboxylic acid groups (broad SMARTS) is 1. The molecule has 118 valence electrons. The maximum atomic E-state index is 12.5. The number of carbonyl (C=O) groups excluding carboxylic acids is 1. The Balaban J connectivity index is 2.82. The zero-order chi connectivity index (χ0) is 16.0. The summed E-state index contributed by atoms with van der Waals surface area (Å²) >= 11 is 0. The molecule has 2 atom stereocenters. The minimum atomic E-state index is -0.817. The number of likely N-dealkylation sites (tertiary alicyclic amines) is 1. The molecule has 0 aromatic carbocycles. The second-order valence-electron chi connectivity index (χ2n) is 5.97. The van der Waals surface area contributed by atoms with Gasteiger partial charge < -0.3 is 14.9 Å². The van der Waals surface area contributed by atoms with Gasteiger partial charge in [0.05, 0.1) is 17.9 Å². The number of piperidine rings is 1. The second-order valence-corrected chi connectivity index (χ2v) is 5.97. The first kappa shape index (κ1) is 17.3. The van der Waals surface area contributed by atoms with Gasteiger partial charge in [-0.25, -0.2) is 4.79 Å². The molecule has 0 aromatic rings. The van der Waals surface area contributed by atoms with Crippen molar-refractivity contribution in [1.29, 1.82) is 5.26 Å². The number of aliphatic carboxylic acids is 1. The largest absolute Gasteiger partial charge is 0.481 e. The molecule has 1 saturated heterocycles. The quantitative estimate of drug-likeness (QED) is 0.843. The zero-order valence-corrected chi connectivity index (χ0v) is 13.1. The van der Waals surface area contributed by atoms with Crippen LogP contribution >= 0.6 is 0 Å². The number of nitrogens with zero attached hydrogens (tertiary/aromatic N) is 3. The maximum Gasteiger partial charge on any atom is 0.320 e. The molecule has 6 heteroatoms. The lowest BCUT2D eigenvalue weighted by Gasteiger charge is -2.41. The number of carboxylic acids is 1. The van der Waals surface area contributed by atoms with E-state index >= 15 is 0 Å². The molecule has 0 radical (unpaired) electrons. The molecule has 2 amide bonds. The van der Waals surface area contributed by atoms with Crippen LogP contribution in [0.5, 0.6) is 0 Å². The SMILES string of the molecule is CCCC1(C(=O)O)CCCN(C(=O)N(C)C(C)CC#N)C1. The topological polar surface area (TPSA) is 84.6 Å². The van der Waals surface area contributed by atoms with E-state index in [9.17, 15) is 14.7 Å². The van der Waals surface area contributed by atoms with Crippen molar-refractivity contribution in [1.82, 2.24) is 9.80 Å². The fraction of sp³-hybridized carbons (Fsp3) is 0.800. The first-order valence-electron chi connectivity index (χ1n) is 7.50. The Morgan fingerprint density at radius 2 is 2.19 bits per heavy atom. The average Bonchev–Trinajstić information content (AvgIpc) is 2.46. The smallest absolute Gasteiger partial charge is 0.320 e. The van der Waals surface area contributed by atoms with Crippen molar-refractivity contribution in [2.75, 3.05) is 20.1 Å².